The molecule has 1 atom stereocenters. The Morgan fingerprint density at radius 2 is 2.36 bits per heavy atom. The Labute approximate surface area is 83.3 Å². The van der Waals surface area contributed by atoms with Crippen molar-refractivity contribution in [3.8, 4) is 5.75 Å². The summed E-state index contributed by atoms with van der Waals surface area (Å²) in [6.45, 7) is 0.265. The summed E-state index contributed by atoms with van der Waals surface area (Å²) in [4.78, 5) is 0. The number of aryl methyl sites for hydroxylation is 1. The number of rotatable bonds is 3. The van der Waals surface area contributed by atoms with E-state index < -0.39 is 0 Å². The highest BCUT2D eigenvalue weighted by atomic mass is 16.7. The first-order valence-corrected chi connectivity index (χ1v) is 4.74. The minimum absolute atomic E-state index is 0.265. The third-order valence-corrected chi connectivity index (χ3v) is 2.50. The maximum atomic E-state index is 9.58. The lowest BCUT2D eigenvalue weighted by molar-refractivity contribution is 0.0511. The first-order chi connectivity index (χ1) is 6.81. The van der Waals surface area contributed by atoms with Crippen LogP contribution in [0, 0.1) is 0 Å². The summed E-state index contributed by atoms with van der Waals surface area (Å²) in [7, 11) is 1.59. The highest BCUT2D eigenvalue weighted by molar-refractivity contribution is 5.39. The second kappa shape index (κ2) is 3.98. The molecule has 0 saturated heterocycles. The molecule has 2 rings (SSSR count). The maximum Gasteiger partial charge on any atom is 0.188 e. The van der Waals surface area contributed by atoms with Gasteiger partial charge in [0.1, 0.15) is 5.75 Å². The molecule has 0 radical (unpaired) electrons. The molecule has 0 aliphatic heterocycles. The molecule has 0 saturated carbocycles. The van der Waals surface area contributed by atoms with Crippen molar-refractivity contribution < 1.29 is 14.6 Å². The van der Waals surface area contributed by atoms with Crippen molar-refractivity contribution in [2.24, 2.45) is 0 Å². The Morgan fingerprint density at radius 3 is 3.14 bits per heavy atom. The van der Waals surface area contributed by atoms with Gasteiger partial charge in [-0.15, -0.1) is 0 Å². The van der Waals surface area contributed by atoms with Crippen molar-refractivity contribution in [3.05, 3.63) is 29.3 Å². The largest absolute Gasteiger partial charge is 0.468 e. The molecule has 0 fully saturated rings. The zero-order chi connectivity index (χ0) is 9.97. The predicted molar refractivity (Wildman–Crippen MR) is 52.2 cm³/mol. The van der Waals surface area contributed by atoms with E-state index >= 15 is 0 Å². The van der Waals surface area contributed by atoms with Gasteiger partial charge in [-0.3, -0.25) is 0 Å². The number of ether oxygens (including phenoxy) is 2. The predicted octanol–water partition coefficient (Wildman–Crippen LogP) is 1.65. The van der Waals surface area contributed by atoms with Gasteiger partial charge >= 0.3 is 0 Å². The molecule has 0 amide bonds. The van der Waals surface area contributed by atoms with Gasteiger partial charge in [-0.05, 0) is 36.1 Å². The van der Waals surface area contributed by atoms with Gasteiger partial charge in [-0.25, -0.2) is 0 Å². The summed E-state index contributed by atoms with van der Waals surface area (Å²) >= 11 is 0. The maximum absolute atomic E-state index is 9.58. The van der Waals surface area contributed by atoms with Gasteiger partial charge in [0.25, 0.3) is 0 Å². The van der Waals surface area contributed by atoms with Crippen LogP contribution in [0.25, 0.3) is 0 Å². The number of hydrogen-bond acceptors (Lipinski definition) is 3. The molecule has 0 aromatic heterocycles. The summed E-state index contributed by atoms with van der Waals surface area (Å²) < 4.78 is 10.1. The zero-order valence-corrected chi connectivity index (χ0v) is 8.19. The van der Waals surface area contributed by atoms with Gasteiger partial charge in [0.15, 0.2) is 6.79 Å². The summed E-state index contributed by atoms with van der Waals surface area (Å²) in [5, 5.41) is 9.58. The molecular weight excluding hydrogens is 180 g/mol. The first kappa shape index (κ1) is 9.49. The fourth-order valence-corrected chi connectivity index (χ4v) is 1.79. The molecule has 0 heterocycles. The van der Waals surface area contributed by atoms with Crippen LogP contribution >= 0.6 is 0 Å². The molecular formula is C11H14O3. The van der Waals surface area contributed by atoms with E-state index in [1.54, 1.807) is 7.11 Å². The van der Waals surface area contributed by atoms with Crippen LogP contribution in [0.2, 0.25) is 0 Å². The zero-order valence-electron chi connectivity index (χ0n) is 8.19. The average molecular weight is 194 g/mol. The van der Waals surface area contributed by atoms with Gasteiger partial charge in [0.05, 0.1) is 6.10 Å². The van der Waals surface area contributed by atoms with Gasteiger partial charge in [0.2, 0.25) is 0 Å². The van der Waals surface area contributed by atoms with E-state index in [4.69, 9.17) is 9.47 Å². The molecule has 1 aliphatic rings. The van der Waals surface area contributed by atoms with Crippen LogP contribution in [0.1, 0.15) is 23.7 Å². The van der Waals surface area contributed by atoms with Crippen molar-refractivity contribution in [1.29, 1.82) is 0 Å². The lowest BCUT2D eigenvalue weighted by Gasteiger charge is -2.07. The van der Waals surface area contributed by atoms with Crippen LogP contribution < -0.4 is 4.74 Å². The molecule has 1 aromatic rings. The molecule has 3 heteroatoms. The van der Waals surface area contributed by atoms with Crippen molar-refractivity contribution in [3.63, 3.8) is 0 Å². The summed E-state index contributed by atoms with van der Waals surface area (Å²) in [6.07, 6.45) is 1.46. The van der Waals surface area contributed by atoms with E-state index in [2.05, 4.69) is 0 Å². The Hall–Kier alpha value is -1.06. The lowest BCUT2D eigenvalue weighted by atomic mass is 10.1. The van der Waals surface area contributed by atoms with Crippen LogP contribution in [0.15, 0.2) is 18.2 Å². The highest BCUT2D eigenvalue weighted by Gasteiger charge is 2.20. The summed E-state index contributed by atoms with van der Waals surface area (Å²) in [6, 6.07) is 5.77. The average Bonchev–Trinajstić information content (AvgIpc) is 2.57. The van der Waals surface area contributed by atoms with Crippen molar-refractivity contribution in [1.82, 2.24) is 0 Å². The van der Waals surface area contributed by atoms with Gasteiger partial charge < -0.3 is 14.6 Å². The van der Waals surface area contributed by atoms with E-state index in [0.717, 1.165) is 24.2 Å². The number of benzene rings is 1. The smallest absolute Gasteiger partial charge is 0.188 e. The number of fused-ring (bicyclic) bond motifs is 1. The second-order valence-corrected chi connectivity index (χ2v) is 3.47. The van der Waals surface area contributed by atoms with Gasteiger partial charge in [-0.2, -0.15) is 0 Å². The number of hydrogen-bond donors (Lipinski definition) is 1. The SMILES string of the molecule is COCOc1ccc2c(c1)CCC2O. The molecule has 0 bridgehead atoms. The van der Waals surface area contributed by atoms with Gasteiger partial charge in [0, 0.05) is 7.11 Å². The molecule has 1 aromatic carbocycles. The fraction of sp³-hybridized carbons (Fsp3) is 0.455. The standard InChI is InChI=1S/C11H14O3/c1-13-7-14-9-3-4-10-8(6-9)2-5-11(10)12/h3-4,6,11-12H,2,5,7H2,1H3. The Kier molecular flexibility index (Phi) is 2.70. The summed E-state index contributed by atoms with van der Waals surface area (Å²) in [5.41, 5.74) is 2.22. The van der Waals surface area contributed by atoms with Crippen molar-refractivity contribution in [2.75, 3.05) is 13.9 Å². The number of aliphatic hydroxyl groups excluding tert-OH is 1. The molecule has 14 heavy (non-hydrogen) atoms. The van der Waals surface area contributed by atoms with E-state index in [0.29, 0.717) is 0 Å². The minimum atomic E-state index is -0.290. The third-order valence-electron chi connectivity index (χ3n) is 2.50. The molecule has 1 aliphatic carbocycles. The molecule has 76 valence electrons. The van der Waals surface area contributed by atoms with E-state index in [1.807, 2.05) is 18.2 Å². The van der Waals surface area contributed by atoms with E-state index in [-0.39, 0.29) is 12.9 Å². The Balaban J connectivity index is 2.15. The lowest BCUT2D eigenvalue weighted by Crippen LogP contribution is -1.99. The Morgan fingerprint density at radius 1 is 1.50 bits per heavy atom. The minimum Gasteiger partial charge on any atom is -0.468 e. The number of aliphatic hydroxyl groups is 1. The quantitative estimate of drug-likeness (QED) is 0.743. The molecule has 1 unspecified atom stereocenters. The van der Waals surface area contributed by atoms with Crippen LogP contribution in [0.5, 0.6) is 5.75 Å². The normalized spacial score (nSPS) is 19.4. The van der Waals surface area contributed by atoms with Crippen LogP contribution in [-0.4, -0.2) is 19.0 Å². The van der Waals surface area contributed by atoms with Crippen molar-refractivity contribution in [2.45, 2.75) is 18.9 Å². The van der Waals surface area contributed by atoms with E-state index in [1.165, 1.54) is 5.56 Å². The van der Waals surface area contributed by atoms with Crippen LogP contribution in [0.3, 0.4) is 0 Å². The topological polar surface area (TPSA) is 38.7 Å². The molecule has 0 spiro atoms. The molecule has 1 N–H and O–H groups in total. The highest BCUT2D eigenvalue weighted by Crippen LogP contribution is 2.33. The number of methoxy groups -OCH3 is 1. The first-order valence-electron chi connectivity index (χ1n) is 4.74. The molecule has 3 nitrogen and oxygen atoms in total. The van der Waals surface area contributed by atoms with Crippen molar-refractivity contribution >= 4 is 0 Å². The Bertz CT molecular complexity index is 322. The van der Waals surface area contributed by atoms with Crippen LogP contribution in [-0.2, 0) is 11.2 Å². The third kappa shape index (κ3) is 1.74. The van der Waals surface area contributed by atoms with E-state index in [9.17, 15) is 5.11 Å². The second-order valence-electron chi connectivity index (χ2n) is 3.47. The summed E-state index contributed by atoms with van der Waals surface area (Å²) in [5.74, 6) is 0.805. The van der Waals surface area contributed by atoms with Gasteiger partial charge in [-0.1, -0.05) is 6.07 Å². The van der Waals surface area contributed by atoms with Crippen LogP contribution in [0.4, 0.5) is 0 Å². The fourth-order valence-electron chi connectivity index (χ4n) is 1.79. The monoisotopic (exact) mass is 194 g/mol.